The number of fused-ring (bicyclic) bond motifs is 1. The lowest BCUT2D eigenvalue weighted by Gasteiger charge is -2.21. The first-order valence-corrected chi connectivity index (χ1v) is 5.36. The lowest BCUT2D eigenvalue weighted by Crippen LogP contribution is -2.22. The monoisotopic (exact) mass is 216 g/mol. The second kappa shape index (κ2) is 3.44. The second-order valence-corrected chi connectivity index (χ2v) is 5.11. The largest absolute Gasteiger partial charge is 0.318 e. The molecule has 0 bridgehead atoms. The quantitative estimate of drug-likeness (QED) is 0.677. The van der Waals surface area contributed by atoms with E-state index in [1.54, 1.807) is 23.9 Å². The van der Waals surface area contributed by atoms with Crippen molar-refractivity contribution in [3.05, 3.63) is 40.4 Å². The first kappa shape index (κ1) is 10.9. The smallest absolute Gasteiger partial charge is 0.259 e. The van der Waals surface area contributed by atoms with Gasteiger partial charge in [-0.3, -0.25) is 9.78 Å². The molecule has 2 aromatic rings. The van der Waals surface area contributed by atoms with Crippen LogP contribution >= 0.6 is 0 Å². The van der Waals surface area contributed by atoms with Gasteiger partial charge in [0.25, 0.3) is 5.56 Å². The molecule has 0 aliphatic rings. The Balaban J connectivity index is 2.97. The summed E-state index contributed by atoms with van der Waals surface area (Å²) in [5.74, 6) is 0. The molecule has 16 heavy (non-hydrogen) atoms. The third kappa shape index (κ3) is 1.62. The van der Waals surface area contributed by atoms with E-state index in [-0.39, 0.29) is 11.0 Å². The van der Waals surface area contributed by atoms with Crippen LogP contribution in [-0.2, 0) is 12.5 Å². The standard InChI is InChI=1S/C13H16N2O/c1-13(2,3)10-8-15(4)12(16)9-6-5-7-14-11(9)10/h5-8H,1-4H3. The molecule has 0 spiro atoms. The molecule has 84 valence electrons. The van der Waals surface area contributed by atoms with Crippen LogP contribution in [0.25, 0.3) is 10.9 Å². The highest BCUT2D eigenvalue weighted by Crippen LogP contribution is 2.26. The maximum atomic E-state index is 11.9. The number of aryl methyl sites for hydroxylation is 1. The Labute approximate surface area is 94.7 Å². The average Bonchev–Trinajstić information content (AvgIpc) is 2.22. The Hall–Kier alpha value is -1.64. The highest BCUT2D eigenvalue weighted by Gasteiger charge is 2.19. The minimum Gasteiger partial charge on any atom is -0.318 e. The number of pyridine rings is 2. The van der Waals surface area contributed by atoms with Crippen LogP contribution in [0.2, 0.25) is 0 Å². The van der Waals surface area contributed by atoms with E-state index < -0.39 is 0 Å². The van der Waals surface area contributed by atoms with E-state index in [4.69, 9.17) is 0 Å². The maximum Gasteiger partial charge on any atom is 0.259 e. The molecule has 0 saturated heterocycles. The van der Waals surface area contributed by atoms with Gasteiger partial charge in [-0.05, 0) is 17.5 Å². The predicted octanol–water partition coefficient (Wildman–Crippen LogP) is 2.23. The Kier molecular flexibility index (Phi) is 2.34. The summed E-state index contributed by atoms with van der Waals surface area (Å²) >= 11 is 0. The number of nitrogens with zero attached hydrogens (tertiary/aromatic N) is 2. The Morgan fingerprint density at radius 3 is 2.62 bits per heavy atom. The second-order valence-electron chi connectivity index (χ2n) is 5.11. The molecule has 2 heterocycles. The Morgan fingerprint density at radius 1 is 1.31 bits per heavy atom. The van der Waals surface area contributed by atoms with Crippen LogP contribution in [0.1, 0.15) is 26.3 Å². The molecule has 0 aromatic carbocycles. The van der Waals surface area contributed by atoms with Crippen LogP contribution in [0, 0.1) is 0 Å². The Morgan fingerprint density at radius 2 is 2.00 bits per heavy atom. The molecule has 0 saturated carbocycles. The van der Waals surface area contributed by atoms with E-state index in [9.17, 15) is 4.79 Å². The summed E-state index contributed by atoms with van der Waals surface area (Å²) in [6.07, 6.45) is 3.62. The number of rotatable bonds is 0. The molecule has 0 aliphatic heterocycles. The topological polar surface area (TPSA) is 34.9 Å². The fraction of sp³-hybridized carbons (Fsp3) is 0.385. The summed E-state index contributed by atoms with van der Waals surface area (Å²) in [7, 11) is 1.78. The molecule has 2 aromatic heterocycles. The number of aromatic nitrogens is 2. The van der Waals surface area contributed by atoms with Gasteiger partial charge in [-0.1, -0.05) is 20.8 Å². The van der Waals surface area contributed by atoms with Gasteiger partial charge in [0.1, 0.15) is 0 Å². The zero-order valence-corrected chi connectivity index (χ0v) is 10.1. The predicted molar refractivity (Wildman–Crippen MR) is 65.7 cm³/mol. The van der Waals surface area contributed by atoms with Gasteiger partial charge in [-0.2, -0.15) is 0 Å². The van der Waals surface area contributed by atoms with Crippen molar-refractivity contribution in [1.82, 2.24) is 9.55 Å². The number of hydrogen-bond donors (Lipinski definition) is 0. The molecule has 0 unspecified atom stereocenters. The van der Waals surface area contributed by atoms with Gasteiger partial charge >= 0.3 is 0 Å². The van der Waals surface area contributed by atoms with Crippen LogP contribution in [0.15, 0.2) is 29.3 Å². The van der Waals surface area contributed by atoms with Gasteiger partial charge < -0.3 is 4.57 Å². The molecule has 0 radical (unpaired) electrons. The zero-order chi connectivity index (χ0) is 11.9. The summed E-state index contributed by atoms with van der Waals surface area (Å²) in [4.78, 5) is 16.3. The molecule has 3 heteroatoms. The SMILES string of the molecule is Cn1cc(C(C)(C)C)c2ncccc2c1=O. The van der Waals surface area contributed by atoms with Gasteiger partial charge in [0.2, 0.25) is 0 Å². The van der Waals surface area contributed by atoms with E-state index in [1.807, 2.05) is 12.3 Å². The molecule has 0 N–H and O–H groups in total. The summed E-state index contributed by atoms with van der Waals surface area (Å²) < 4.78 is 1.63. The molecular formula is C13H16N2O. The molecular weight excluding hydrogens is 200 g/mol. The molecule has 0 fully saturated rings. The first-order chi connectivity index (χ1) is 7.41. The maximum absolute atomic E-state index is 11.9. The third-order valence-corrected chi connectivity index (χ3v) is 2.74. The Bertz CT molecular complexity index is 591. The first-order valence-electron chi connectivity index (χ1n) is 5.36. The van der Waals surface area contributed by atoms with Gasteiger partial charge in [-0.25, -0.2) is 0 Å². The molecule has 3 nitrogen and oxygen atoms in total. The van der Waals surface area contributed by atoms with Crippen LogP contribution in [0.3, 0.4) is 0 Å². The summed E-state index contributed by atoms with van der Waals surface area (Å²) in [5, 5.41) is 0.692. The fourth-order valence-electron chi connectivity index (χ4n) is 1.84. The number of hydrogen-bond acceptors (Lipinski definition) is 2. The van der Waals surface area contributed by atoms with Crippen LogP contribution in [-0.4, -0.2) is 9.55 Å². The van der Waals surface area contributed by atoms with Gasteiger partial charge in [-0.15, -0.1) is 0 Å². The highest BCUT2D eigenvalue weighted by molar-refractivity contribution is 5.81. The summed E-state index contributed by atoms with van der Waals surface area (Å²) in [5.41, 5.74) is 1.91. The third-order valence-electron chi connectivity index (χ3n) is 2.74. The van der Waals surface area contributed by atoms with Crippen molar-refractivity contribution in [3.63, 3.8) is 0 Å². The normalized spacial score (nSPS) is 12.0. The minimum absolute atomic E-state index is 0.0103. The van der Waals surface area contributed by atoms with Crippen molar-refractivity contribution in [2.45, 2.75) is 26.2 Å². The summed E-state index contributed by atoms with van der Waals surface area (Å²) in [6, 6.07) is 3.64. The van der Waals surface area contributed by atoms with Crippen LogP contribution in [0.5, 0.6) is 0 Å². The lowest BCUT2D eigenvalue weighted by atomic mass is 9.87. The summed E-state index contributed by atoms with van der Waals surface area (Å²) in [6.45, 7) is 6.38. The van der Waals surface area contributed by atoms with Crippen molar-refractivity contribution in [3.8, 4) is 0 Å². The van der Waals surface area contributed by atoms with E-state index in [0.29, 0.717) is 5.39 Å². The molecule has 2 rings (SSSR count). The van der Waals surface area contributed by atoms with Gasteiger partial charge in [0.15, 0.2) is 0 Å². The zero-order valence-electron chi connectivity index (χ0n) is 10.1. The van der Waals surface area contributed by atoms with Crippen molar-refractivity contribution in [2.24, 2.45) is 7.05 Å². The van der Waals surface area contributed by atoms with Crippen molar-refractivity contribution in [1.29, 1.82) is 0 Å². The van der Waals surface area contributed by atoms with Crippen LogP contribution in [0.4, 0.5) is 0 Å². The molecule has 0 atom stereocenters. The van der Waals surface area contributed by atoms with E-state index >= 15 is 0 Å². The van der Waals surface area contributed by atoms with Gasteiger partial charge in [0.05, 0.1) is 10.9 Å². The van der Waals surface area contributed by atoms with E-state index in [2.05, 4.69) is 25.8 Å². The van der Waals surface area contributed by atoms with Crippen LogP contribution < -0.4 is 5.56 Å². The molecule has 0 amide bonds. The van der Waals surface area contributed by atoms with Crippen molar-refractivity contribution < 1.29 is 0 Å². The minimum atomic E-state index is -0.0158. The molecule has 0 aliphatic carbocycles. The lowest BCUT2D eigenvalue weighted by molar-refractivity contribution is 0.586. The highest BCUT2D eigenvalue weighted by atomic mass is 16.1. The van der Waals surface area contributed by atoms with E-state index in [0.717, 1.165) is 11.1 Å². The van der Waals surface area contributed by atoms with Crippen molar-refractivity contribution in [2.75, 3.05) is 0 Å². The average molecular weight is 216 g/mol. The fourth-order valence-corrected chi connectivity index (χ4v) is 1.84. The van der Waals surface area contributed by atoms with E-state index in [1.165, 1.54) is 0 Å². The van der Waals surface area contributed by atoms with Gasteiger partial charge in [0, 0.05) is 25.0 Å². The van der Waals surface area contributed by atoms with Crippen molar-refractivity contribution >= 4 is 10.9 Å².